The van der Waals surface area contributed by atoms with Crippen LogP contribution in [-0.4, -0.2) is 42.0 Å². The van der Waals surface area contributed by atoms with E-state index in [1.807, 2.05) is 13.8 Å². The molecule has 1 aliphatic heterocycles. The van der Waals surface area contributed by atoms with Gasteiger partial charge in [-0.1, -0.05) is 12.1 Å². The number of likely N-dealkylation sites (tertiary alicyclic amines) is 1. The summed E-state index contributed by atoms with van der Waals surface area (Å²) >= 11 is 0. The minimum absolute atomic E-state index is 0.0263. The average molecular weight is 442 g/mol. The molecule has 0 saturated carbocycles. The van der Waals surface area contributed by atoms with Gasteiger partial charge in [-0.05, 0) is 63.1 Å². The molecule has 8 nitrogen and oxygen atoms in total. The number of anilines is 3. The fourth-order valence-corrected chi connectivity index (χ4v) is 3.46. The Morgan fingerprint density at radius 1 is 0.969 bits per heavy atom. The van der Waals surface area contributed by atoms with Crippen molar-refractivity contribution in [3.05, 3.63) is 54.3 Å². The highest BCUT2D eigenvalue weighted by atomic mass is 19.1. The molecule has 0 spiro atoms. The maximum absolute atomic E-state index is 13.6. The van der Waals surface area contributed by atoms with Crippen molar-refractivity contribution in [2.45, 2.75) is 32.7 Å². The molecule has 4 N–H and O–H groups in total. The van der Waals surface area contributed by atoms with E-state index in [1.165, 1.54) is 18.2 Å². The molecule has 0 unspecified atom stereocenters. The van der Waals surface area contributed by atoms with Crippen LogP contribution in [0.5, 0.6) is 0 Å². The van der Waals surface area contributed by atoms with Crippen LogP contribution in [0.15, 0.2) is 48.5 Å². The molecule has 9 heteroatoms. The van der Waals surface area contributed by atoms with Crippen molar-refractivity contribution in [3.63, 3.8) is 0 Å². The molecule has 0 aromatic heterocycles. The standard InChI is InChI=1S/C23H28FN5O3/c1-15(2)25-21(30)16-6-5-13-29(14-16)23(32)27-18-11-9-17(10-12-18)26-22(31)28-20-8-4-3-7-19(20)24/h3-4,7-12,15-16H,5-6,13-14H2,1-2H3,(H,25,30)(H,27,32)(H2,26,28,31)/t16-/m0/s1. The Labute approximate surface area is 186 Å². The number of benzene rings is 2. The molecule has 2 aromatic rings. The lowest BCUT2D eigenvalue weighted by Gasteiger charge is -2.32. The Kier molecular flexibility index (Phi) is 7.64. The van der Waals surface area contributed by atoms with Gasteiger partial charge < -0.3 is 26.2 Å². The van der Waals surface area contributed by atoms with Crippen LogP contribution in [-0.2, 0) is 4.79 Å². The van der Waals surface area contributed by atoms with Gasteiger partial charge in [0.15, 0.2) is 0 Å². The number of carbonyl (C=O) groups is 3. The van der Waals surface area contributed by atoms with Crippen LogP contribution >= 0.6 is 0 Å². The summed E-state index contributed by atoms with van der Waals surface area (Å²) < 4.78 is 13.6. The second-order valence-corrected chi connectivity index (χ2v) is 8.01. The van der Waals surface area contributed by atoms with Crippen molar-refractivity contribution in [2.75, 3.05) is 29.0 Å². The molecule has 1 saturated heterocycles. The van der Waals surface area contributed by atoms with E-state index in [1.54, 1.807) is 35.2 Å². The smallest absolute Gasteiger partial charge is 0.323 e. The molecule has 1 aliphatic rings. The van der Waals surface area contributed by atoms with Crippen LogP contribution in [0, 0.1) is 11.7 Å². The highest BCUT2D eigenvalue weighted by Crippen LogP contribution is 2.20. The average Bonchev–Trinajstić information content (AvgIpc) is 2.76. The van der Waals surface area contributed by atoms with E-state index in [0.717, 1.165) is 12.8 Å². The summed E-state index contributed by atoms with van der Waals surface area (Å²) in [5.41, 5.74) is 1.12. The van der Waals surface area contributed by atoms with E-state index in [0.29, 0.717) is 24.5 Å². The van der Waals surface area contributed by atoms with E-state index in [-0.39, 0.29) is 29.6 Å². The Morgan fingerprint density at radius 2 is 1.62 bits per heavy atom. The molecule has 1 atom stereocenters. The van der Waals surface area contributed by atoms with Gasteiger partial charge in [0, 0.05) is 30.5 Å². The Balaban J connectivity index is 1.51. The quantitative estimate of drug-likeness (QED) is 0.558. The first-order chi connectivity index (χ1) is 15.3. The summed E-state index contributed by atoms with van der Waals surface area (Å²) in [6.07, 6.45) is 1.53. The van der Waals surface area contributed by atoms with Gasteiger partial charge in [0.1, 0.15) is 5.82 Å². The molecule has 1 heterocycles. The lowest BCUT2D eigenvalue weighted by atomic mass is 9.97. The maximum atomic E-state index is 13.6. The molecule has 5 amide bonds. The second-order valence-electron chi connectivity index (χ2n) is 8.01. The minimum Gasteiger partial charge on any atom is -0.354 e. The molecular formula is C23H28FN5O3. The number of carbonyl (C=O) groups excluding carboxylic acids is 3. The monoisotopic (exact) mass is 441 g/mol. The third kappa shape index (κ3) is 6.44. The topological polar surface area (TPSA) is 103 Å². The molecule has 2 aromatic carbocycles. The molecule has 1 fully saturated rings. The number of hydrogen-bond donors (Lipinski definition) is 4. The second kappa shape index (κ2) is 10.6. The third-order valence-corrected chi connectivity index (χ3v) is 5.03. The zero-order chi connectivity index (χ0) is 23.1. The summed E-state index contributed by atoms with van der Waals surface area (Å²) in [5.74, 6) is -0.764. The van der Waals surface area contributed by atoms with Crippen molar-refractivity contribution in [1.82, 2.24) is 10.2 Å². The molecule has 0 aliphatic carbocycles. The Bertz CT molecular complexity index is 964. The molecule has 0 radical (unpaired) electrons. The molecule has 3 rings (SSSR count). The number of amides is 5. The third-order valence-electron chi connectivity index (χ3n) is 5.03. The van der Waals surface area contributed by atoms with Gasteiger partial charge in [-0.2, -0.15) is 0 Å². The summed E-state index contributed by atoms with van der Waals surface area (Å²) in [4.78, 5) is 38.6. The van der Waals surface area contributed by atoms with Crippen LogP contribution in [0.3, 0.4) is 0 Å². The zero-order valence-corrected chi connectivity index (χ0v) is 18.2. The van der Waals surface area contributed by atoms with Gasteiger partial charge >= 0.3 is 12.1 Å². The van der Waals surface area contributed by atoms with Gasteiger partial charge in [-0.15, -0.1) is 0 Å². The fraction of sp³-hybridized carbons (Fsp3) is 0.348. The number of hydrogen-bond acceptors (Lipinski definition) is 3. The molecular weight excluding hydrogens is 413 g/mol. The number of urea groups is 2. The fourth-order valence-electron chi connectivity index (χ4n) is 3.46. The van der Waals surface area contributed by atoms with Crippen molar-refractivity contribution in [1.29, 1.82) is 0 Å². The largest absolute Gasteiger partial charge is 0.354 e. The van der Waals surface area contributed by atoms with Crippen molar-refractivity contribution in [3.8, 4) is 0 Å². The number of piperidine rings is 1. The normalized spacial score (nSPS) is 15.8. The van der Waals surface area contributed by atoms with E-state index in [4.69, 9.17) is 0 Å². The SMILES string of the molecule is CC(C)NC(=O)[C@H]1CCCN(C(=O)Nc2ccc(NC(=O)Nc3ccccc3F)cc2)C1. The number of para-hydroxylation sites is 1. The summed E-state index contributed by atoms with van der Waals surface area (Å²) in [6.45, 7) is 4.79. The lowest BCUT2D eigenvalue weighted by Crippen LogP contribution is -2.47. The first-order valence-corrected chi connectivity index (χ1v) is 10.6. The van der Waals surface area contributed by atoms with Gasteiger partial charge in [-0.3, -0.25) is 4.79 Å². The first-order valence-electron chi connectivity index (χ1n) is 10.6. The maximum Gasteiger partial charge on any atom is 0.323 e. The number of halogens is 1. The predicted octanol–water partition coefficient (Wildman–Crippen LogP) is 4.24. The van der Waals surface area contributed by atoms with Crippen LogP contribution in [0.1, 0.15) is 26.7 Å². The van der Waals surface area contributed by atoms with Gasteiger partial charge in [-0.25, -0.2) is 14.0 Å². The highest BCUT2D eigenvalue weighted by molar-refractivity contribution is 6.00. The van der Waals surface area contributed by atoms with E-state index in [9.17, 15) is 18.8 Å². The molecule has 170 valence electrons. The van der Waals surface area contributed by atoms with Crippen molar-refractivity contribution < 1.29 is 18.8 Å². The van der Waals surface area contributed by atoms with Gasteiger partial charge in [0.25, 0.3) is 0 Å². The number of nitrogens with zero attached hydrogens (tertiary/aromatic N) is 1. The van der Waals surface area contributed by atoms with Crippen LogP contribution in [0.25, 0.3) is 0 Å². The summed E-state index contributed by atoms with van der Waals surface area (Å²) in [5, 5.41) is 10.8. The highest BCUT2D eigenvalue weighted by Gasteiger charge is 2.28. The van der Waals surface area contributed by atoms with Crippen molar-refractivity contribution >= 4 is 35.0 Å². The Morgan fingerprint density at radius 3 is 2.28 bits per heavy atom. The zero-order valence-electron chi connectivity index (χ0n) is 18.2. The number of rotatable bonds is 5. The van der Waals surface area contributed by atoms with Gasteiger partial charge in [0.2, 0.25) is 5.91 Å². The molecule has 32 heavy (non-hydrogen) atoms. The lowest BCUT2D eigenvalue weighted by molar-refractivity contribution is -0.126. The number of nitrogens with one attached hydrogen (secondary N) is 4. The summed E-state index contributed by atoms with van der Waals surface area (Å²) in [7, 11) is 0. The van der Waals surface area contributed by atoms with Crippen LogP contribution in [0.4, 0.5) is 31.0 Å². The molecule has 0 bridgehead atoms. The Hall–Kier alpha value is -3.62. The van der Waals surface area contributed by atoms with Crippen molar-refractivity contribution in [2.24, 2.45) is 5.92 Å². The van der Waals surface area contributed by atoms with E-state index in [2.05, 4.69) is 21.3 Å². The van der Waals surface area contributed by atoms with E-state index >= 15 is 0 Å². The minimum atomic E-state index is -0.578. The van der Waals surface area contributed by atoms with Crippen LogP contribution in [0.2, 0.25) is 0 Å². The predicted molar refractivity (Wildman–Crippen MR) is 122 cm³/mol. The first kappa shape index (κ1) is 23.1. The van der Waals surface area contributed by atoms with Crippen LogP contribution < -0.4 is 21.3 Å². The van der Waals surface area contributed by atoms with Gasteiger partial charge in [0.05, 0.1) is 11.6 Å². The summed E-state index contributed by atoms with van der Waals surface area (Å²) in [6, 6.07) is 11.7. The van der Waals surface area contributed by atoms with E-state index < -0.39 is 11.8 Å².